The molecule has 0 radical (unpaired) electrons. The molecule has 1 atom stereocenters. The third-order valence-electron chi connectivity index (χ3n) is 2.19. The lowest BCUT2D eigenvalue weighted by molar-refractivity contribution is -0.116. The van der Waals surface area contributed by atoms with Crippen molar-refractivity contribution in [1.82, 2.24) is 5.32 Å². The Morgan fingerprint density at radius 1 is 1.56 bits per heavy atom. The van der Waals surface area contributed by atoms with Crippen LogP contribution in [0.4, 0.5) is 0 Å². The van der Waals surface area contributed by atoms with Crippen LogP contribution in [0, 0.1) is 30.1 Å². The number of carbonyl (C=O) groups is 1. The molecule has 1 N–H and O–H groups in total. The third kappa shape index (κ3) is 8.91. The highest BCUT2D eigenvalue weighted by molar-refractivity contribution is 5.87. The van der Waals surface area contributed by atoms with E-state index < -0.39 is 0 Å². The molecule has 2 heteroatoms. The van der Waals surface area contributed by atoms with E-state index in [9.17, 15) is 4.79 Å². The Bertz CT molecular complexity index is 325. The van der Waals surface area contributed by atoms with Crippen LogP contribution < -0.4 is 5.32 Å². The van der Waals surface area contributed by atoms with Crippen molar-refractivity contribution in [3.05, 3.63) is 12.2 Å². The smallest absolute Gasteiger partial charge is 0.243 e. The van der Waals surface area contributed by atoms with Crippen LogP contribution in [-0.4, -0.2) is 12.5 Å². The summed E-state index contributed by atoms with van der Waals surface area (Å²) in [6.45, 7) is 4.95. The second-order valence-corrected chi connectivity index (χ2v) is 3.65. The minimum Gasteiger partial charge on any atom is -0.352 e. The molecule has 0 spiro atoms. The van der Waals surface area contributed by atoms with Crippen LogP contribution in [-0.2, 0) is 4.79 Å². The molecule has 0 aliphatic rings. The maximum Gasteiger partial charge on any atom is 0.243 e. The fraction of sp³-hybridized carbons (Fsp3) is 0.500. The average Bonchev–Trinajstić information content (AvgIpc) is 2.30. The molecule has 0 aromatic carbocycles. The van der Waals surface area contributed by atoms with Crippen molar-refractivity contribution in [3.63, 3.8) is 0 Å². The van der Waals surface area contributed by atoms with Crippen molar-refractivity contribution in [3.8, 4) is 24.2 Å². The summed E-state index contributed by atoms with van der Waals surface area (Å²) in [6, 6.07) is 0. The molecule has 0 saturated heterocycles. The van der Waals surface area contributed by atoms with E-state index in [2.05, 4.69) is 36.9 Å². The van der Waals surface area contributed by atoms with Crippen LogP contribution in [0.15, 0.2) is 12.2 Å². The van der Waals surface area contributed by atoms with Gasteiger partial charge >= 0.3 is 0 Å². The van der Waals surface area contributed by atoms with Gasteiger partial charge in [-0.2, -0.15) is 0 Å². The number of terminal acetylenes is 1. The lowest BCUT2D eigenvalue weighted by Crippen LogP contribution is -2.26. The summed E-state index contributed by atoms with van der Waals surface area (Å²) in [7, 11) is 0. The monoisotopic (exact) mass is 217 g/mol. The predicted octanol–water partition coefficient (Wildman–Crippen LogP) is 2.12. The third-order valence-corrected chi connectivity index (χ3v) is 2.19. The second-order valence-electron chi connectivity index (χ2n) is 3.65. The molecule has 1 amide bonds. The van der Waals surface area contributed by atoms with Gasteiger partial charge in [-0.3, -0.25) is 4.79 Å². The van der Waals surface area contributed by atoms with Crippen LogP contribution in [0.5, 0.6) is 0 Å². The van der Waals surface area contributed by atoms with Crippen LogP contribution in [0.3, 0.4) is 0 Å². The Balaban J connectivity index is 3.63. The number of hydrogen-bond acceptors (Lipinski definition) is 1. The van der Waals surface area contributed by atoms with Gasteiger partial charge in [-0.05, 0) is 30.3 Å². The molecule has 0 saturated carbocycles. The molecule has 0 aliphatic heterocycles. The first-order valence-corrected chi connectivity index (χ1v) is 5.58. The summed E-state index contributed by atoms with van der Waals surface area (Å²) < 4.78 is 0. The van der Waals surface area contributed by atoms with Gasteiger partial charge in [0.05, 0.1) is 0 Å². The van der Waals surface area contributed by atoms with Crippen LogP contribution in [0.25, 0.3) is 0 Å². The zero-order valence-electron chi connectivity index (χ0n) is 10.0. The zero-order valence-corrected chi connectivity index (χ0v) is 10.0. The summed E-state index contributed by atoms with van der Waals surface area (Å²) >= 11 is 0. The first kappa shape index (κ1) is 14.3. The van der Waals surface area contributed by atoms with Crippen molar-refractivity contribution in [2.45, 2.75) is 33.1 Å². The van der Waals surface area contributed by atoms with Gasteiger partial charge < -0.3 is 5.32 Å². The summed E-state index contributed by atoms with van der Waals surface area (Å²) in [5, 5.41) is 2.84. The van der Waals surface area contributed by atoms with E-state index in [1.54, 1.807) is 6.08 Å². The Labute approximate surface area is 98.5 Å². The normalized spacial score (nSPS) is 11.3. The minimum absolute atomic E-state index is 0.0368. The van der Waals surface area contributed by atoms with Gasteiger partial charge in [-0.1, -0.05) is 32.3 Å². The Hall–Kier alpha value is -1.67. The molecule has 1 unspecified atom stereocenters. The maximum atomic E-state index is 11.3. The van der Waals surface area contributed by atoms with Crippen molar-refractivity contribution in [1.29, 1.82) is 0 Å². The van der Waals surface area contributed by atoms with Gasteiger partial charge in [-0.15, -0.1) is 6.42 Å². The Kier molecular flexibility index (Phi) is 8.84. The quantitative estimate of drug-likeness (QED) is 0.412. The van der Waals surface area contributed by atoms with Crippen molar-refractivity contribution < 1.29 is 4.79 Å². The number of hydrogen-bond donors (Lipinski definition) is 1. The topological polar surface area (TPSA) is 29.1 Å². The highest BCUT2D eigenvalue weighted by Crippen LogP contribution is 1.97. The number of unbranched alkanes of at least 4 members (excludes halogenated alkanes) is 1. The first-order valence-electron chi connectivity index (χ1n) is 5.58. The van der Waals surface area contributed by atoms with Gasteiger partial charge in [0.1, 0.15) is 0 Å². The summed E-state index contributed by atoms with van der Waals surface area (Å²) in [5.41, 5.74) is 0. The zero-order chi connectivity index (χ0) is 12.2. The summed E-state index contributed by atoms with van der Waals surface area (Å²) in [4.78, 5) is 11.3. The molecular weight excluding hydrogens is 198 g/mol. The fourth-order valence-electron chi connectivity index (χ4n) is 0.937. The van der Waals surface area contributed by atoms with Crippen molar-refractivity contribution in [2.75, 3.05) is 6.54 Å². The second kappa shape index (κ2) is 9.87. The Morgan fingerprint density at radius 2 is 2.31 bits per heavy atom. The number of amides is 1. The molecule has 0 aromatic rings. The number of allylic oxidation sites excluding steroid dienone is 1. The minimum atomic E-state index is -0.0368. The molecule has 16 heavy (non-hydrogen) atoms. The number of carbonyl (C=O) groups excluding carboxylic acids is 1. The predicted molar refractivity (Wildman–Crippen MR) is 67.4 cm³/mol. The molecule has 0 aromatic heterocycles. The highest BCUT2D eigenvalue weighted by Gasteiger charge is 1.99. The standard InChI is InChI=1S/C14H19NO/c1-4-6-7-8-9-10-11-14(16)15-12-13(3)5-2/h1,10-11,13H,5,8-9,12H2,2-3H3,(H,15,16). The molecule has 2 nitrogen and oxygen atoms in total. The van der Waals surface area contributed by atoms with Crippen molar-refractivity contribution in [2.24, 2.45) is 5.92 Å². The lowest BCUT2D eigenvalue weighted by atomic mass is 10.1. The van der Waals surface area contributed by atoms with E-state index in [4.69, 9.17) is 6.42 Å². The van der Waals surface area contributed by atoms with E-state index in [0.29, 0.717) is 12.3 Å². The van der Waals surface area contributed by atoms with Crippen LogP contribution >= 0.6 is 0 Å². The fourth-order valence-corrected chi connectivity index (χ4v) is 0.937. The molecule has 0 rings (SSSR count). The summed E-state index contributed by atoms with van der Waals surface area (Å²) in [6.07, 6.45) is 10.9. The molecule has 0 fully saturated rings. The van der Waals surface area contributed by atoms with Gasteiger partial charge in [0, 0.05) is 13.0 Å². The van der Waals surface area contributed by atoms with E-state index in [-0.39, 0.29) is 5.91 Å². The Morgan fingerprint density at radius 3 is 2.94 bits per heavy atom. The van der Waals surface area contributed by atoms with E-state index in [0.717, 1.165) is 19.4 Å². The van der Waals surface area contributed by atoms with Gasteiger partial charge in [0.15, 0.2) is 0 Å². The first-order chi connectivity index (χ1) is 7.70. The SMILES string of the molecule is C#CC#CCCC=CC(=O)NCC(C)CC. The molecule has 0 aliphatic carbocycles. The van der Waals surface area contributed by atoms with Gasteiger partial charge in [-0.25, -0.2) is 0 Å². The molecule has 0 heterocycles. The largest absolute Gasteiger partial charge is 0.352 e. The summed E-state index contributed by atoms with van der Waals surface area (Å²) in [5.74, 6) is 8.06. The molecule has 0 bridgehead atoms. The maximum absolute atomic E-state index is 11.3. The highest BCUT2D eigenvalue weighted by atomic mass is 16.1. The van der Waals surface area contributed by atoms with E-state index in [1.807, 2.05) is 6.08 Å². The van der Waals surface area contributed by atoms with E-state index in [1.165, 1.54) is 0 Å². The van der Waals surface area contributed by atoms with E-state index >= 15 is 0 Å². The molecule has 86 valence electrons. The lowest BCUT2D eigenvalue weighted by Gasteiger charge is -2.07. The van der Waals surface area contributed by atoms with Crippen LogP contribution in [0.1, 0.15) is 33.1 Å². The molecular formula is C14H19NO. The number of rotatable bonds is 6. The number of nitrogens with one attached hydrogen (secondary N) is 1. The van der Waals surface area contributed by atoms with Gasteiger partial charge in [0.25, 0.3) is 0 Å². The van der Waals surface area contributed by atoms with Crippen LogP contribution in [0.2, 0.25) is 0 Å². The van der Waals surface area contributed by atoms with Crippen molar-refractivity contribution >= 4 is 5.91 Å². The van der Waals surface area contributed by atoms with Gasteiger partial charge in [0.2, 0.25) is 5.91 Å². The average molecular weight is 217 g/mol.